The number of ether oxygens (including phenoxy) is 1. The van der Waals surface area contributed by atoms with E-state index >= 15 is 0 Å². The fourth-order valence-corrected chi connectivity index (χ4v) is 1.98. The van der Waals surface area contributed by atoms with Gasteiger partial charge >= 0.3 is 0 Å². The lowest BCUT2D eigenvalue weighted by Crippen LogP contribution is -1.91. The van der Waals surface area contributed by atoms with Gasteiger partial charge in [0.15, 0.2) is 0 Å². The van der Waals surface area contributed by atoms with Crippen molar-refractivity contribution in [3.8, 4) is 5.75 Å². The summed E-state index contributed by atoms with van der Waals surface area (Å²) in [6.45, 7) is 0. The Morgan fingerprint density at radius 1 is 1.46 bits per heavy atom. The second kappa shape index (κ2) is 3.22. The lowest BCUT2D eigenvalue weighted by Gasteiger charge is -2.04. The first kappa shape index (κ1) is 8.31. The molecular weight excluding hydrogens is 184 g/mol. The van der Waals surface area contributed by atoms with Gasteiger partial charge in [0.25, 0.3) is 0 Å². The van der Waals surface area contributed by atoms with Gasteiger partial charge < -0.3 is 10.1 Å². The molecule has 0 saturated heterocycles. The van der Waals surface area contributed by atoms with Crippen LogP contribution < -0.4 is 10.1 Å². The highest BCUT2D eigenvalue weighted by Gasteiger charge is 2.04. The van der Waals surface area contributed by atoms with Crippen LogP contribution in [0, 0.1) is 0 Å². The summed E-state index contributed by atoms with van der Waals surface area (Å²) in [4.78, 5) is 4.27. The molecule has 0 saturated carbocycles. The molecule has 1 N–H and O–H groups in total. The fourth-order valence-electron chi connectivity index (χ4n) is 1.25. The van der Waals surface area contributed by atoms with E-state index in [2.05, 4.69) is 10.3 Å². The summed E-state index contributed by atoms with van der Waals surface area (Å²) in [5.41, 5.74) is 3.86. The highest BCUT2D eigenvalue weighted by atomic mass is 32.1. The molecule has 0 aliphatic rings. The van der Waals surface area contributed by atoms with Crippen molar-refractivity contribution in [1.29, 1.82) is 0 Å². The van der Waals surface area contributed by atoms with Gasteiger partial charge in [-0.05, 0) is 6.07 Å². The van der Waals surface area contributed by atoms with Crippen LogP contribution in [-0.4, -0.2) is 19.1 Å². The molecule has 0 fully saturated rings. The average molecular weight is 194 g/mol. The Balaban J connectivity index is 2.70. The number of thiazole rings is 1. The molecule has 1 aromatic carbocycles. The fraction of sp³-hybridized carbons (Fsp3) is 0.222. The van der Waals surface area contributed by atoms with E-state index in [9.17, 15) is 0 Å². The van der Waals surface area contributed by atoms with Crippen LogP contribution in [0.4, 0.5) is 5.69 Å². The van der Waals surface area contributed by atoms with Gasteiger partial charge in [0, 0.05) is 13.1 Å². The molecule has 2 rings (SSSR count). The summed E-state index contributed by atoms with van der Waals surface area (Å²) in [5.74, 6) is 0.862. The van der Waals surface area contributed by atoms with E-state index < -0.39 is 0 Å². The van der Waals surface area contributed by atoms with Gasteiger partial charge in [-0.3, -0.25) is 0 Å². The summed E-state index contributed by atoms with van der Waals surface area (Å²) in [6, 6.07) is 3.94. The third-order valence-corrected chi connectivity index (χ3v) is 2.69. The van der Waals surface area contributed by atoms with Crippen LogP contribution in [0.15, 0.2) is 17.6 Å². The summed E-state index contributed by atoms with van der Waals surface area (Å²) in [6.07, 6.45) is 0. The zero-order valence-electron chi connectivity index (χ0n) is 7.50. The summed E-state index contributed by atoms with van der Waals surface area (Å²) in [7, 11) is 3.55. The van der Waals surface area contributed by atoms with Crippen molar-refractivity contribution in [2.45, 2.75) is 0 Å². The number of anilines is 1. The minimum Gasteiger partial charge on any atom is -0.497 e. The van der Waals surface area contributed by atoms with E-state index in [1.165, 1.54) is 0 Å². The average Bonchev–Trinajstić information content (AvgIpc) is 2.63. The van der Waals surface area contributed by atoms with Crippen LogP contribution in [-0.2, 0) is 0 Å². The molecule has 3 nitrogen and oxygen atoms in total. The molecule has 0 aliphatic carbocycles. The Labute approximate surface area is 80.4 Å². The van der Waals surface area contributed by atoms with E-state index in [0.29, 0.717) is 0 Å². The van der Waals surface area contributed by atoms with Crippen LogP contribution in [0.2, 0.25) is 0 Å². The molecule has 4 heteroatoms. The first-order chi connectivity index (χ1) is 6.35. The van der Waals surface area contributed by atoms with Crippen LogP contribution in [0.5, 0.6) is 5.75 Å². The molecule has 0 bridgehead atoms. The second-order valence-electron chi connectivity index (χ2n) is 2.62. The number of hydrogen-bond donors (Lipinski definition) is 1. The Kier molecular flexibility index (Phi) is 2.06. The number of nitrogens with zero attached hydrogens (tertiary/aromatic N) is 1. The van der Waals surface area contributed by atoms with Gasteiger partial charge in [-0.2, -0.15) is 0 Å². The van der Waals surface area contributed by atoms with Crippen LogP contribution >= 0.6 is 11.3 Å². The molecule has 1 heterocycles. The van der Waals surface area contributed by atoms with Crippen LogP contribution in [0.3, 0.4) is 0 Å². The van der Waals surface area contributed by atoms with Gasteiger partial charge in [-0.1, -0.05) is 0 Å². The molecule has 0 aliphatic heterocycles. The predicted octanol–water partition coefficient (Wildman–Crippen LogP) is 2.35. The zero-order chi connectivity index (χ0) is 9.26. The molecule has 13 heavy (non-hydrogen) atoms. The first-order valence-corrected chi connectivity index (χ1v) is 4.82. The van der Waals surface area contributed by atoms with Gasteiger partial charge in [0.05, 0.1) is 23.0 Å². The molecule has 68 valence electrons. The number of hydrogen-bond acceptors (Lipinski definition) is 4. The maximum absolute atomic E-state index is 5.17. The Morgan fingerprint density at radius 2 is 2.31 bits per heavy atom. The predicted molar refractivity (Wildman–Crippen MR) is 55.7 cm³/mol. The molecule has 0 unspecified atom stereocenters. The molecule has 0 amide bonds. The van der Waals surface area contributed by atoms with Crippen molar-refractivity contribution < 1.29 is 4.74 Å². The number of rotatable bonds is 2. The third kappa shape index (κ3) is 1.33. The van der Waals surface area contributed by atoms with Gasteiger partial charge in [-0.15, -0.1) is 11.3 Å². The lowest BCUT2D eigenvalue weighted by atomic mass is 10.2. The summed E-state index contributed by atoms with van der Waals surface area (Å²) in [5, 5.41) is 3.09. The van der Waals surface area contributed by atoms with Crippen molar-refractivity contribution in [3.05, 3.63) is 17.6 Å². The normalized spacial score (nSPS) is 10.3. The second-order valence-corrected chi connectivity index (χ2v) is 3.51. The SMILES string of the molecule is CNc1cc(OC)cc2scnc12. The summed E-state index contributed by atoms with van der Waals surface area (Å²) >= 11 is 1.62. The number of fused-ring (bicyclic) bond motifs is 1. The van der Waals surface area contributed by atoms with E-state index in [1.54, 1.807) is 18.4 Å². The molecule has 0 spiro atoms. The van der Waals surface area contributed by atoms with Crippen molar-refractivity contribution in [1.82, 2.24) is 4.98 Å². The molecular formula is C9H10N2OS. The minimum absolute atomic E-state index is 0.862. The maximum Gasteiger partial charge on any atom is 0.122 e. The van der Waals surface area contributed by atoms with Crippen LogP contribution in [0.25, 0.3) is 10.2 Å². The molecule has 2 aromatic rings. The smallest absolute Gasteiger partial charge is 0.122 e. The minimum atomic E-state index is 0.862. The number of methoxy groups -OCH3 is 1. The number of benzene rings is 1. The standard InChI is InChI=1S/C9H10N2OS/c1-10-7-3-6(12-2)4-8-9(7)11-5-13-8/h3-5,10H,1-2H3. The Bertz CT molecular complexity index is 424. The first-order valence-electron chi connectivity index (χ1n) is 3.94. The number of aromatic nitrogens is 1. The monoisotopic (exact) mass is 194 g/mol. The Morgan fingerprint density at radius 3 is 3.00 bits per heavy atom. The maximum atomic E-state index is 5.17. The zero-order valence-corrected chi connectivity index (χ0v) is 8.31. The van der Waals surface area contributed by atoms with Gasteiger partial charge in [0.2, 0.25) is 0 Å². The lowest BCUT2D eigenvalue weighted by molar-refractivity contribution is 0.415. The quantitative estimate of drug-likeness (QED) is 0.796. The highest BCUT2D eigenvalue weighted by Crippen LogP contribution is 2.30. The van der Waals surface area contributed by atoms with Gasteiger partial charge in [-0.25, -0.2) is 4.98 Å². The Hall–Kier alpha value is -1.29. The van der Waals surface area contributed by atoms with Crippen molar-refractivity contribution in [2.24, 2.45) is 0 Å². The molecule has 0 atom stereocenters. The van der Waals surface area contributed by atoms with Crippen molar-refractivity contribution >= 4 is 27.2 Å². The van der Waals surface area contributed by atoms with E-state index in [-0.39, 0.29) is 0 Å². The highest BCUT2D eigenvalue weighted by molar-refractivity contribution is 7.16. The van der Waals surface area contributed by atoms with Gasteiger partial charge in [0.1, 0.15) is 11.3 Å². The van der Waals surface area contributed by atoms with Crippen LogP contribution in [0.1, 0.15) is 0 Å². The molecule has 0 radical (unpaired) electrons. The van der Waals surface area contributed by atoms with E-state index in [4.69, 9.17) is 4.74 Å². The third-order valence-electron chi connectivity index (χ3n) is 1.91. The van der Waals surface area contributed by atoms with E-state index in [1.807, 2.05) is 24.7 Å². The summed E-state index contributed by atoms with van der Waals surface area (Å²) < 4.78 is 6.32. The topological polar surface area (TPSA) is 34.1 Å². The van der Waals surface area contributed by atoms with E-state index in [0.717, 1.165) is 21.7 Å². The number of nitrogens with one attached hydrogen (secondary N) is 1. The van der Waals surface area contributed by atoms with Crippen molar-refractivity contribution in [2.75, 3.05) is 19.5 Å². The molecule has 1 aromatic heterocycles. The van der Waals surface area contributed by atoms with Crippen molar-refractivity contribution in [3.63, 3.8) is 0 Å². The largest absolute Gasteiger partial charge is 0.497 e.